The molecule has 2 aliphatic rings. The third kappa shape index (κ3) is 4.20. The summed E-state index contributed by atoms with van der Waals surface area (Å²) in [5, 5.41) is 9.68. The molecule has 1 saturated heterocycles. The summed E-state index contributed by atoms with van der Waals surface area (Å²) in [6.45, 7) is 5.02. The Morgan fingerprint density at radius 2 is 1.74 bits per heavy atom. The van der Waals surface area contributed by atoms with Gasteiger partial charge in [-0.15, -0.1) is 0 Å². The van der Waals surface area contributed by atoms with Crippen molar-refractivity contribution in [1.29, 1.82) is 0 Å². The first-order chi connectivity index (χ1) is 18.2. The first kappa shape index (κ1) is 26.1. The molecule has 2 aliphatic heterocycles. The summed E-state index contributed by atoms with van der Waals surface area (Å²) in [5.74, 6) is -1.25. The van der Waals surface area contributed by atoms with E-state index in [9.17, 15) is 14.7 Å². The van der Waals surface area contributed by atoms with E-state index in [4.69, 9.17) is 4.74 Å². The second kappa shape index (κ2) is 9.97. The predicted octanol–water partition coefficient (Wildman–Crippen LogP) is 5.50. The number of para-hydroxylation sites is 2. The van der Waals surface area contributed by atoms with E-state index >= 15 is 4.39 Å². The van der Waals surface area contributed by atoms with Crippen molar-refractivity contribution in [3.8, 4) is 0 Å². The molecule has 5 rings (SSSR count). The van der Waals surface area contributed by atoms with Gasteiger partial charge in [0.25, 0.3) is 5.91 Å². The summed E-state index contributed by atoms with van der Waals surface area (Å²) in [7, 11) is 0. The van der Waals surface area contributed by atoms with Crippen molar-refractivity contribution in [1.82, 2.24) is 0 Å². The fourth-order valence-electron chi connectivity index (χ4n) is 6.40. The van der Waals surface area contributed by atoms with Gasteiger partial charge in [0.2, 0.25) is 6.41 Å². The minimum Gasteiger partial charge on any atom is -0.396 e. The summed E-state index contributed by atoms with van der Waals surface area (Å²) in [6.07, 6.45) is 0.429. The molecule has 4 atom stereocenters. The molecule has 0 unspecified atom stereocenters. The predicted molar refractivity (Wildman–Crippen MR) is 145 cm³/mol. The van der Waals surface area contributed by atoms with Gasteiger partial charge in [0.1, 0.15) is 5.67 Å². The number of carbonyl (C=O) groups excluding carboxylic acids is 2. The molecular weight excluding hydrogens is 483 g/mol. The van der Waals surface area contributed by atoms with E-state index in [2.05, 4.69) is 0 Å². The summed E-state index contributed by atoms with van der Waals surface area (Å²) in [5.41, 5.74) is 0.782. The first-order valence-corrected chi connectivity index (χ1v) is 13.0. The lowest BCUT2D eigenvalue weighted by molar-refractivity contribution is -0.146. The molecular formula is C31H33FN2O4. The quantitative estimate of drug-likeness (QED) is 0.401. The van der Waals surface area contributed by atoms with Gasteiger partial charge >= 0.3 is 0 Å². The van der Waals surface area contributed by atoms with Crippen LogP contribution in [-0.4, -0.2) is 35.8 Å². The Hall–Kier alpha value is -3.55. The number of aliphatic hydroxyl groups is 1. The van der Waals surface area contributed by atoms with Crippen molar-refractivity contribution >= 4 is 29.4 Å². The maximum Gasteiger partial charge on any atom is 0.264 e. The van der Waals surface area contributed by atoms with Crippen LogP contribution in [0.4, 0.5) is 21.5 Å². The SMILES string of the molecule is C[C@@H]1[C@@H](C(C)(C)F)[C@H](CCO)O[C@@]12C(=O)N(Cc1cccc(N(C=O)c3ccccc3)c1)c1ccccc12. The van der Waals surface area contributed by atoms with E-state index in [0.29, 0.717) is 5.69 Å². The largest absolute Gasteiger partial charge is 0.396 e. The van der Waals surface area contributed by atoms with E-state index in [1.165, 1.54) is 13.8 Å². The van der Waals surface area contributed by atoms with Crippen LogP contribution in [0.5, 0.6) is 0 Å². The number of benzene rings is 3. The average molecular weight is 517 g/mol. The van der Waals surface area contributed by atoms with Crippen LogP contribution in [0.3, 0.4) is 0 Å². The van der Waals surface area contributed by atoms with E-state index < -0.39 is 29.2 Å². The molecule has 7 heteroatoms. The number of hydrogen-bond donors (Lipinski definition) is 1. The van der Waals surface area contributed by atoms with Gasteiger partial charge in [-0.3, -0.25) is 14.5 Å². The van der Waals surface area contributed by atoms with Crippen molar-refractivity contribution in [2.75, 3.05) is 16.4 Å². The molecule has 1 fully saturated rings. The summed E-state index contributed by atoms with van der Waals surface area (Å²) in [4.78, 5) is 29.5. The minimum absolute atomic E-state index is 0.152. The van der Waals surface area contributed by atoms with Crippen molar-refractivity contribution in [2.24, 2.45) is 11.8 Å². The molecule has 2 amide bonds. The van der Waals surface area contributed by atoms with Crippen molar-refractivity contribution in [3.63, 3.8) is 0 Å². The van der Waals surface area contributed by atoms with E-state index in [0.717, 1.165) is 28.9 Å². The number of ether oxygens (including phenoxy) is 1. The van der Waals surface area contributed by atoms with E-state index in [-0.39, 0.29) is 25.5 Å². The third-order valence-corrected chi connectivity index (χ3v) is 7.95. The topological polar surface area (TPSA) is 70.1 Å². The van der Waals surface area contributed by atoms with E-state index in [1.807, 2.05) is 85.8 Å². The lowest BCUT2D eigenvalue weighted by Crippen LogP contribution is -2.45. The van der Waals surface area contributed by atoms with E-state index in [1.54, 1.807) is 9.80 Å². The van der Waals surface area contributed by atoms with Crippen molar-refractivity contribution in [3.05, 3.63) is 90.0 Å². The van der Waals surface area contributed by atoms with Crippen LogP contribution in [0.1, 0.15) is 38.3 Å². The van der Waals surface area contributed by atoms with Gasteiger partial charge in [-0.2, -0.15) is 0 Å². The Balaban J connectivity index is 1.52. The minimum atomic E-state index is -1.60. The summed E-state index contributed by atoms with van der Waals surface area (Å²) < 4.78 is 22.0. The molecule has 1 spiro atoms. The second-order valence-electron chi connectivity index (χ2n) is 10.7. The van der Waals surface area contributed by atoms with Crippen LogP contribution < -0.4 is 9.80 Å². The van der Waals surface area contributed by atoms with Gasteiger partial charge in [0.05, 0.1) is 18.3 Å². The number of amides is 2. The van der Waals surface area contributed by atoms with Crippen LogP contribution >= 0.6 is 0 Å². The Kier molecular flexibility index (Phi) is 6.84. The number of fused-ring (bicyclic) bond motifs is 2. The zero-order valence-electron chi connectivity index (χ0n) is 21.9. The Morgan fingerprint density at radius 1 is 1.05 bits per heavy atom. The number of nitrogens with zero attached hydrogens (tertiary/aromatic N) is 2. The molecule has 0 aliphatic carbocycles. The van der Waals surface area contributed by atoms with Crippen LogP contribution in [0.15, 0.2) is 78.9 Å². The molecule has 3 aromatic rings. The Labute approximate surface area is 222 Å². The molecule has 2 heterocycles. The highest BCUT2D eigenvalue weighted by molar-refractivity contribution is 6.07. The van der Waals surface area contributed by atoms with Gasteiger partial charge in [-0.05, 0) is 56.2 Å². The summed E-state index contributed by atoms with van der Waals surface area (Å²) >= 11 is 0. The molecule has 0 radical (unpaired) electrons. The molecule has 1 N–H and O–H groups in total. The highest BCUT2D eigenvalue weighted by Crippen LogP contribution is 2.58. The Bertz CT molecular complexity index is 1320. The number of rotatable bonds is 8. The number of alkyl halides is 1. The highest BCUT2D eigenvalue weighted by Gasteiger charge is 2.65. The Morgan fingerprint density at radius 3 is 2.42 bits per heavy atom. The van der Waals surface area contributed by atoms with Gasteiger partial charge in [-0.1, -0.05) is 55.5 Å². The maximum atomic E-state index is 15.5. The fraction of sp³-hybridized carbons (Fsp3) is 0.355. The highest BCUT2D eigenvalue weighted by atomic mass is 19.1. The molecule has 38 heavy (non-hydrogen) atoms. The van der Waals surface area contributed by atoms with Crippen LogP contribution in [0.2, 0.25) is 0 Å². The molecule has 6 nitrogen and oxygen atoms in total. The van der Waals surface area contributed by atoms with Gasteiger partial charge in [0.15, 0.2) is 5.60 Å². The van der Waals surface area contributed by atoms with Crippen LogP contribution in [-0.2, 0) is 26.5 Å². The first-order valence-electron chi connectivity index (χ1n) is 13.0. The molecule has 0 saturated carbocycles. The lowest BCUT2D eigenvalue weighted by Gasteiger charge is -2.32. The molecule has 0 bridgehead atoms. The maximum absolute atomic E-state index is 15.5. The standard InChI is InChI=1S/C31H33FN2O4/c1-21-28(30(2,3)32)27(16-17-35)38-31(21)25-14-7-8-15-26(25)33(29(31)37)19-22-10-9-13-24(18-22)34(20-36)23-11-5-4-6-12-23/h4-15,18,20-21,27-28,35H,16-17,19H2,1-3H3/t21-,27+,28-,31+/m1/s1. The van der Waals surface area contributed by atoms with Gasteiger partial charge in [-0.25, -0.2) is 4.39 Å². The summed E-state index contributed by atoms with van der Waals surface area (Å²) in [6, 6.07) is 24.4. The van der Waals surface area contributed by atoms with Crippen molar-refractivity contribution in [2.45, 2.75) is 51.1 Å². The number of carbonyl (C=O) groups is 2. The fourth-order valence-corrected chi connectivity index (χ4v) is 6.40. The van der Waals surface area contributed by atoms with Crippen molar-refractivity contribution < 1.29 is 23.8 Å². The zero-order chi connectivity index (χ0) is 27.1. The normalized spacial score (nSPS) is 24.6. The number of hydrogen-bond acceptors (Lipinski definition) is 4. The third-order valence-electron chi connectivity index (χ3n) is 7.95. The number of aliphatic hydroxyl groups excluding tert-OH is 1. The molecule has 3 aromatic carbocycles. The number of anilines is 3. The molecule has 0 aromatic heterocycles. The monoisotopic (exact) mass is 516 g/mol. The lowest BCUT2D eigenvalue weighted by atomic mass is 9.71. The second-order valence-corrected chi connectivity index (χ2v) is 10.7. The number of halogens is 1. The smallest absolute Gasteiger partial charge is 0.264 e. The molecule has 198 valence electrons. The van der Waals surface area contributed by atoms with Crippen LogP contribution in [0.25, 0.3) is 0 Å². The van der Waals surface area contributed by atoms with Gasteiger partial charge in [0, 0.05) is 35.4 Å². The van der Waals surface area contributed by atoms with Crippen LogP contribution in [0, 0.1) is 11.8 Å². The zero-order valence-corrected chi connectivity index (χ0v) is 21.9. The van der Waals surface area contributed by atoms with Gasteiger partial charge < -0.3 is 14.7 Å². The average Bonchev–Trinajstić information content (AvgIpc) is 3.33.